The van der Waals surface area contributed by atoms with Gasteiger partial charge in [-0.05, 0) is 20.3 Å². The fourth-order valence-corrected chi connectivity index (χ4v) is 1.21. The van der Waals surface area contributed by atoms with Gasteiger partial charge in [-0.25, -0.2) is 9.97 Å². The highest BCUT2D eigenvalue weighted by Crippen LogP contribution is 2.22. The summed E-state index contributed by atoms with van der Waals surface area (Å²) in [4.78, 5) is 7.98. The van der Waals surface area contributed by atoms with Crippen LogP contribution < -0.4 is 5.32 Å². The Morgan fingerprint density at radius 2 is 2.20 bits per heavy atom. The zero-order chi connectivity index (χ0) is 11.5. The number of rotatable bonds is 4. The van der Waals surface area contributed by atoms with Gasteiger partial charge in [-0.15, -0.1) is 0 Å². The first-order chi connectivity index (χ1) is 7.02. The van der Waals surface area contributed by atoms with Crippen molar-refractivity contribution >= 4 is 17.4 Å². The Kier molecular flexibility index (Phi) is 3.88. The number of nitrogens with zero attached hydrogens (tertiary/aromatic N) is 2. The zero-order valence-corrected chi connectivity index (χ0v) is 9.97. The van der Waals surface area contributed by atoms with E-state index in [1.807, 2.05) is 20.8 Å². The normalized spacial score (nSPS) is 14.7. The predicted octanol–water partition coefficient (Wildman–Crippen LogP) is 2.01. The summed E-state index contributed by atoms with van der Waals surface area (Å²) >= 11 is 5.88. The number of hydrogen-bond donors (Lipinski definition) is 2. The van der Waals surface area contributed by atoms with Crippen molar-refractivity contribution in [2.75, 3.05) is 11.9 Å². The number of halogens is 1. The van der Waals surface area contributed by atoms with Crippen molar-refractivity contribution in [1.29, 1.82) is 0 Å². The number of nitrogens with one attached hydrogen (secondary N) is 1. The minimum Gasteiger partial charge on any atom is -0.394 e. The summed E-state index contributed by atoms with van der Waals surface area (Å²) in [5.74, 6) is 0.674. The van der Waals surface area contributed by atoms with Crippen LogP contribution in [-0.2, 0) is 0 Å². The smallest absolute Gasteiger partial charge is 0.137 e. The largest absolute Gasteiger partial charge is 0.394 e. The summed E-state index contributed by atoms with van der Waals surface area (Å²) in [7, 11) is 0. The molecule has 5 heteroatoms. The van der Waals surface area contributed by atoms with E-state index < -0.39 is 0 Å². The Balaban J connectivity index is 2.94. The minimum atomic E-state index is -0.373. The van der Waals surface area contributed by atoms with E-state index in [4.69, 9.17) is 11.6 Å². The maximum atomic E-state index is 9.27. The molecule has 0 aromatic carbocycles. The molecule has 4 nitrogen and oxygen atoms in total. The average Bonchev–Trinajstić information content (AvgIpc) is 2.25. The van der Waals surface area contributed by atoms with Crippen LogP contribution in [0.5, 0.6) is 0 Å². The molecule has 1 atom stereocenters. The van der Waals surface area contributed by atoms with Gasteiger partial charge < -0.3 is 10.4 Å². The Morgan fingerprint density at radius 3 is 2.73 bits per heavy atom. The van der Waals surface area contributed by atoms with E-state index in [1.54, 1.807) is 0 Å². The molecule has 15 heavy (non-hydrogen) atoms. The predicted molar refractivity (Wildman–Crippen MR) is 61.2 cm³/mol. The van der Waals surface area contributed by atoms with Crippen LogP contribution in [0, 0.1) is 6.92 Å². The molecular formula is C10H16ClN3O. The van der Waals surface area contributed by atoms with Crippen LogP contribution in [0.25, 0.3) is 0 Å². The highest BCUT2D eigenvalue weighted by molar-refractivity contribution is 6.30. The van der Waals surface area contributed by atoms with Gasteiger partial charge in [-0.1, -0.05) is 18.5 Å². The topological polar surface area (TPSA) is 58.0 Å². The second kappa shape index (κ2) is 4.77. The van der Waals surface area contributed by atoms with E-state index in [9.17, 15) is 5.11 Å². The average molecular weight is 230 g/mol. The summed E-state index contributed by atoms with van der Waals surface area (Å²) in [6.45, 7) is 5.83. The molecule has 1 unspecified atom stereocenters. The molecule has 0 fully saturated rings. The molecule has 1 aromatic rings. The summed E-state index contributed by atoms with van der Waals surface area (Å²) in [6, 6.07) is 0. The standard InChI is InChI=1S/C10H16ClN3O/c1-4-10(3,5-15)14-9-7(2)8(11)12-6-13-9/h6,15H,4-5H2,1-3H3,(H,12,13,14). The molecule has 0 spiro atoms. The molecule has 0 aliphatic heterocycles. The van der Waals surface area contributed by atoms with Crippen molar-refractivity contribution in [3.05, 3.63) is 17.0 Å². The molecule has 0 saturated carbocycles. The first kappa shape index (κ1) is 12.2. The van der Waals surface area contributed by atoms with Crippen LogP contribution >= 0.6 is 11.6 Å². The van der Waals surface area contributed by atoms with Crippen molar-refractivity contribution in [2.24, 2.45) is 0 Å². The van der Waals surface area contributed by atoms with E-state index in [0.717, 1.165) is 12.0 Å². The Bertz CT molecular complexity index is 339. The quantitative estimate of drug-likeness (QED) is 0.776. The molecule has 0 aliphatic carbocycles. The van der Waals surface area contributed by atoms with Crippen molar-refractivity contribution < 1.29 is 5.11 Å². The molecule has 0 radical (unpaired) electrons. The van der Waals surface area contributed by atoms with Crippen LogP contribution in [0.1, 0.15) is 25.8 Å². The van der Waals surface area contributed by atoms with Crippen molar-refractivity contribution in [1.82, 2.24) is 9.97 Å². The molecule has 0 saturated heterocycles. The van der Waals surface area contributed by atoms with Crippen LogP contribution in [0.15, 0.2) is 6.33 Å². The molecule has 1 heterocycles. The second-order valence-corrected chi connectivity index (χ2v) is 4.19. The van der Waals surface area contributed by atoms with Gasteiger partial charge in [0, 0.05) is 5.56 Å². The van der Waals surface area contributed by atoms with Crippen LogP contribution in [0.2, 0.25) is 5.15 Å². The SMILES string of the molecule is CCC(C)(CO)Nc1ncnc(Cl)c1C. The lowest BCUT2D eigenvalue weighted by Gasteiger charge is -2.28. The number of hydrogen-bond acceptors (Lipinski definition) is 4. The number of anilines is 1. The molecule has 0 amide bonds. The number of aliphatic hydroxyl groups is 1. The third kappa shape index (κ3) is 2.79. The van der Waals surface area contributed by atoms with E-state index >= 15 is 0 Å². The Morgan fingerprint density at radius 1 is 1.53 bits per heavy atom. The fourth-order valence-electron chi connectivity index (χ4n) is 1.08. The summed E-state index contributed by atoms with van der Waals surface area (Å²) in [6.07, 6.45) is 2.20. The third-order valence-corrected chi connectivity index (χ3v) is 2.95. The fraction of sp³-hybridized carbons (Fsp3) is 0.600. The van der Waals surface area contributed by atoms with E-state index in [1.165, 1.54) is 6.33 Å². The van der Waals surface area contributed by atoms with Gasteiger partial charge in [0.25, 0.3) is 0 Å². The monoisotopic (exact) mass is 229 g/mol. The van der Waals surface area contributed by atoms with Gasteiger partial charge >= 0.3 is 0 Å². The Labute approximate surface area is 94.7 Å². The van der Waals surface area contributed by atoms with Crippen molar-refractivity contribution in [3.63, 3.8) is 0 Å². The highest BCUT2D eigenvalue weighted by atomic mass is 35.5. The summed E-state index contributed by atoms with van der Waals surface area (Å²) in [5.41, 5.74) is 0.426. The summed E-state index contributed by atoms with van der Waals surface area (Å²) < 4.78 is 0. The lowest BCUT2D eigenvalue weighted by molar-refractivity contribution is 0.218. The Hall–Kier alpha value is -0.870. The number of aliphatic hydroxyl groups excluding tert-OH is 1. The van der Waals surface area contributed by atoms with Crippen LogP contribution in [0.4, 0.5) is 5.82 Å². The lowest BCUT2D eigenvalue weighted by Crippen LogP contribution is -2.38. The summed E-state index contributed by atoms with van der Waals surface area (Å²) in [5, 5.41) is 12.9. The third-order valence-electron chi connectivity index (χ3n) is 2.57. The lowest BCUT2D eigenvalue weighted by atomic mass is 10.0. The van der Waals surface area contributed by atoms with Crippen molar-refractivity contribution in [3.8, 4) is 0 Å². The molecule has 1 rings (SSSR count). The maximum absolute atomic E-state index is 9.27. The maximum Gasteiger partial charge on any atom is 0.137 e. The van der Waals surface area contributed by atoms with Gasteiger partial charge in [-0.3, -0.25) is 0 Å². The highest BCUT2D eigenvalue weighted by Gasteiger charge is 2.22. The first-order valence-electron chi connectivity index (χ1n) is 4.88. The van der Waals surface area contributed by atoms with E-state index in [-0.39, 0.29) is 12.1 Å². The molecule has 0 bridgehead atoms. The van der Waals surface area contributed by atoms with E-state index in [0.29, 0.717) is 11.0 Å². The van der Waals surface area contributed by atoms with Crippen molar-refractivity contribution in [2.45, 2.75) is 32.7 Å². The first-order valence-corrected chi connectivity index (χ1v) is 5.26. The van der Waals surface area contributed by atoms with Gasteiger partial charge in [0.1, 0.15) is 17.3 Å². The number of aromatic nitrogens is 2. The second-order valence-electron chi connectivity index (χ2n) is 3.84. The van der Waals surface area contributed by atoms with Crippen LogP contribution in [0.3, 0.4) is 0 Å². The molecule has 1 aromatic heterocycles. The van der Waals surface area contributed by atoms with Crippen LogP contribution in [-0.4, -0.2) is 27.2 Å². The van der Waals surface area contributed by atoms with E-state index in [2.05, 4.69) is 15.3 Å². The van der Waals surface area contributed by atoms with Gasteiger partial charge in [0.2, 0.25) is 0 Å². The molecular weight excluding hydrogens is 214 g/mol. The minimum absolute atomic E-state index is 0.0462. The molecule has 0 aliphatic rings. The van der Waals surface area contributed by atoms with Gasteiger partial charge in [-0.2, -0.15) is 0 Å². The molecule has 84 valence electrons. The van der Waals surface area contributed by atoms with Gasteiger partial charge in [0.15, 0.2) is 0 Å². The van der Waals surface area contributed by atoms with Gasteiger partial charge in [0.05, 0.1) is 12.1 Å². The molecule has 2 N–H and O–H groups in total. The zero-order valence-electron chi connectivity index (χ0n) is 9.21.